The molecule has 6 atom stereocenters. The van der Waals surface area contributed by atoms with Crippen LogP contribution in [0.1, 0.15) is 75.3 Å². The number of carbonyl (C=O) groups is 2. The van der Waals surface area contributed by atoms with Crippen molar-refractivity contribution in [1.29, 1.82) is 0 Å². The maximum Gasteiger partial charge on any atom is 0.227 e. The van der Waals surface area contributed by atoms with E-state index < -0.39 is 0 Å². The first kappa shape index (κ1) is 38.6. The van der Waals surface area contributed by atoms with Crippen molar-refractivity contribution in [2.45, 2.75) is 113 Å². The minimum absolute atomic E-state index is 0.214. The summed E-state index contributed by atoms with van der Waals surface area (Å²) in [6, 6.07) is 13.5. The van der Waals surface area contributed by atoms with Crippen LogP contribution in [0.2, 0.25) is 20.1 Å². The van der Waals surface area contributed by atoms with Crippen molar-refractivity contribution in [1.82, 2.24) is 30.2 Å². The summed E-state index contributed by atoms with van der Waals surface area (Å²) in [6.45, 7) is 8.11. The van der Waals surface area contributed by atoms with E-state index in [2.05, 4.69) is 30.2 Å². The van der Waals surface area contributed by atoms with Crippen LogP contribution in [0, 0.1) is 0 Å². The van der Waals surface area contributed by atoms with Gasteiger partial charge in [-0.2, -0.15) is 0 Å². The standard InChI is InChI=1S/2C20H27Cl2N3O/c2*21-15-7-6-14(12-16(15)22)13-19(26)25-11-8-23-17-4-3-5-18(20(17)25)24-9-1-2-10-24/h2*6-7,12,17-18,20,23H,1-5,8-11,13H2/t2*17-,18-,20-/m10/s1. The molecule has 4 aliphatic heterocycles. The SMILES string of the molecule is O=C(Cc1ccc(Cl)c(Cl)c1)N1CCN[C@@H]2CCC[C@@H](N3CCCC3)[C@@H]21.O=C(Cc1ccc(Cl)c(Cl)c1)N1CCN[C@H]2CCC[C@H](N3CCCC3)[C@H]21. The van der Waals surface area contributed by atoms with Gasteiger partial charge in [-0.3, -0.25) is 19.4 Å². The molecule has 284 valence electrons. The smallest absolute Gasteiger partial charge is 0.227 e. The highest BCUT2D eigenvalue weighted by molar-refractivity contribution is 6.42. The number of hydrogen-bond acceptors (Lipinski definition) is 6. The van der Waals surface area contributed by atoms with Crippen LogP contribution < -0.4 is 10.6 Å². The van der Waals surface area contributed by atoms with Crippen LogP contribution in [0.5, 0.6) is 0 Å². The fraction of sp³-hybridized carbons (Fsp3) is 0.650. The molecule has 2 N–H and O–H groups in total. The second-order valence-electron chi connectivity index (χ2n) is 15.6. The van der Waals surface area contributed by atoms with E-state index in [1.54, 1.807) is 12.1 Å². The lowest BCUT2D eigenvalue weighted by Crippen LogP contribution is -2.68. The highest BCUT2D eigenvalue weighted by atomic mass is 35.5. The molecule has 6 fully saturated rings. The number of nitrogens with zero attached hydrogens (tertiary/aromatic N) is 4. The molecule has 0 aromatic heterocycles. The second kappa shape index (κ2) is 17.9. The first-order chi connectivity index (χ1) is 25.3. The molecule has 4 heterocycles. The molecular weight excluding hydrogens is 738 g/mol. The van der Waals surface area contributed by atoms with Gasteiger partial charge in [0.1, 0.15) is 0 Å². The fourth-order valence-corrected chi connectivity index (χ4v) is 10.7. The van der Waals surface area contributed by atoms with Crippen molar-refractivity contribution in [3.05, 3.63) is 67.6 Å². The first-order valence-corrected chi connectivity index (χ1v) is 21.2. The molecule has 0 unspecified atom stereocenters. The summed E-state index contributed by atoms with van der Waals surface area (Å²) in [4.78, 5) is 35.9. The molecule has 52 heavy (non-hydrogen) atoms. The minimum Gasteiger partial charge on any atom is -0.335 e. The van der Waals surface area contributed by atoms with Crippen LogP contribution in [-0.2, 0) is 22.4 Å². The molecule has 0 bridgehead atoms. The Kier molecular flexibility index (Phi) is 13.3. The van der Waals surface area contributed by atoms with Gasteiger partial charge in [0.05, 0.1) is 45.0 Å². The van der Waals surface area contributed by atoms with Crippen LogP contribution in [0.15, 0.2) is 36.4 Å². The number of benzene rings is 2. The monoisotopic (exact) mass is 790 g/mol. The summed E-state index contributed by atoms with van der Waals surface area (Å²) in [7, 11) is 0. The molecule has 6 aliphatic rings. The molecule has 8 nitrogen and oxygen atoms in total. The van der Waals surface area contributed by atoms with Gasteiger partial charge in [-0.05, 0) is 113 Å². The molecule has 8 rings (SSSR count). The van der Waals surface area contributed by atoms with E-state index in [1.807, 2.05) is 24.3 Å². The lowest BCUT2D eigenvalue weighted by atomic mass is 9.82. The number of carbonyl (C=O) groups excluding carboxylic acids is 2. The summed E-state index contributed by atoms with van der Waals surface area (Å²) in [5.41, 5.74) is 1.88. The lowest BCUT2D eigenvalue weighted by Gasteiger charge is -2.51. The average Bonchev–Trinajstić information content (AvgIpc) is 3.90. The lowest BCUT2D eigenvalue weighted by molar-refractivity contribution is -0.138. The summed E-state index contributed by atoms with van der Waals surface area (Å²) >= 11 is 24.3. The molecule has 0 spiro atoms. The molecule has 2 saturated carbocycles. The van der Waals surface area contributed by atoms with Crippen molar-refractivity contribution in [3.63, 3.8) is 0 Å². The summed E-state index contributed by atoms with van der Waals surface area (Å²) in [5, 5.41) is 9.46. The zero-order chi connectivity index (χ0) is 36.2. The minimum atomic E-state index is 0.214. The van der Waals surface area contributed by atoms with E-state index in [9.17, 15) is 9.59 Å². The number of amides is 2. The fourth-order valence-electron chi connectivity index (χ4n) is 10.0. The Balaban J connectivity index is 0.000000162. The Labute approximate surface area is 329 Å². The van der Waals surface area contributed by atoms with Crippen molar-refractivity contribution < 1.29 is 9.59 Å². The van der Waals surface area contributed by atoms with E-state index in [-0.39, 0.29) is 11.8 Å². The Morgan fingerprint density at radius 1 is 0.538 bits per heavy atom. The van der Waals surface area contributed by atoms with Gasteiger partial charge in [0.25, 0.3) is 0 Å². The van der Waals surface area contributed by atoms with Crippen LogP contribution in [0.25, 0.3) is 0 Å². The Hall–Kier alpha value is -1.62. The van der Waals surface area contributed by atoms with Gasteiger partial charge < -0.3 is 20.4 Å². The van der Waals surface area contributed by atoms with Gasteiger partial charge in [-0.25, -0.2) is 0 Å². The van der Waals surface area contributed by atoms with Crippen molar-refractivity contribution >= 4 is 58.2 Å². The first-order valence-electron chi connectivity index (χ1n) is 19.7. The maximum atomic E-state index is 13.2. The molecule has 2 amide bonds. The van der Waals surface area contributed by atoms with Gasteiger partial charge in [0.2, 0.25) is 11.8 Å². The van der Waals surface area contributed by atoms with Crippen molar-refractivity contribution in [2.75, 3.05) is 52.4 Å². The highest BCUT2D eigenvalue weighted by Crippen LogP contribution is 2.34. The van der Waals surface area contributed by atoms with Crippen LogP contribution in [0.4, 0.5) is 0 Å². The predicted molar refractivity (Wildman–Crippen MR) is 212 cm³/mol. The topological polar surface area (TPSA) is 71.2 Å². The zero-order valence-corrected chi connectivity index (χ0v) is 33.2. The second-order valence-corrected chi connectivity index (χ2v) is 17.2. The number of likely N-dealkylation sites (tertiary alicyclic amines) is 2. The normalized spacial score (nSPS) is 29.6. The number of rotatable bonds is 6. The third-order valence-corrected chi connectivity index (χ3v) is 13.9. The molecule has 2 aromatic rings. The number of hydrogen-bond donors (Lipinski definition) is 2. The van der Waals surface area contributed by atoms with E-state index in [0.717, 1.165) is 37.3 Å². The van der Waals surface area contributed by atoms with Crippen molar-refractivity contribution in [2.24, 2.45) is 0 Å². The quantitative estimate of drug-likeness (QED) is 0.340. The van der Waals surface area contributed by atoms with Crippen LogP contribution >= 0.6 is 46.4 Å². The third kappa shape index (κ3) is 8.91. The Morgan fingerprint density at radius 2 is 0.942 bits per heavy atom. The summed E-state index contributed by atoms with van der Waals surface area (Å²) < 4.78 is 0. The molecule has 12 heteroatoms. The van der Waals surface area contributed by atoms with E-state index in [1.165, 1.54) is 90.4 Å². The number of halogens is 4. The van der Waals surface area contributed by atoms with Gasteiger partial charge in [0, 0.05) is 50.3 Å². The van der Waals surface area contributed by atoms with Gasteiger partial charge in [0.15, 0.2) is 0 Å². The van der Waals surface area contributed by atoms with Crippen molar-refractivity contribution in [3.8, 4) is 0 Å². The van der Waals surface area contributed by atoms with Gasteiger partial charge in [-0.1, -0.05) is 71.4 Å². The predicted octanol–water partition coefficient (Wildman–Crippen LogP) is 6.71. The van der Waals surface area contributed by atoms with Crippen LogP contribution in [-0.4, -0.2) is 120 Å². The van der Waals surface area contributed by atoms with Gasteiger partial charge >= 0.3 is 0 Å². The number of fused-ring (bicyclic) bond motifs is 2. The summed E-state index contributed by atoms with van der Waals surface area (Å²) in [5.74, 6) is 0.428. The van der Waals surface area contributed by atoms with E-state index >= 15 is 0 Å². The molecule has 2 aromatic carbocycles. The summed E-state index contributed by atoms with van der Waals surface area (Å²) in [6.07, 6.45) is 13.2. The number of piperazine rings is 2. The van der Waals surface area contributed by atoms with Gasteiger partial charge in [-0.15, -0.1) is 0 Å². The van der Waals surface area contributed by atoms with Crippen LogP contribution in [0.3, 0.4) is 0 Å². The average molecular weight is 793 g/mol. The molecular formula is C40H54Cl4N6O2. The molecule has 4 saturated heterocycles. The Bertz CT molecular complexity index is 1430. The van der Waals surface area contributed by atoms with E-state index in [4.69, 9.17) is 46.4 Å². The Morgan fingerprint density at radius 3 is 1.33 bits per heavy atom. The third-order valence-electron chi connectivity index (χ3n) is 12.4. The molecule has 0 radical (unpaired) electrons. The zero-order valence-electron chi connectivity index (χ0n) is 30.2. The largest absolute Gasteiger partial charge is 0.335 e. The molecule has 2 aliphatic carbocycles. The number of nitrogens with one attached hydrogen (secondary N) is 2. The highest BCUT2D eigenvalue weighted by Gasteiger charge is 2.45. The van der Waals surface area contributed by atoms with E-state index in [0.29, 0.717) is 69.2 Å². The maximum absolute atomic E-state index is 13.2.